The van der Waals surface area contributed by atoms with Gasteiger partial charge in [0.1, 0.15) is 11.4 Å². The van der Waals surface area contributed by atoms with Crippen molar-refractivity contribution < 1.29 is 17.9 Å². The number of benzene rings is 2. The number of ether oxygens (including phenoxy) is 1. The van der Waals surface area contributed by atoms with E-state index in [-0.39, 0.29) is 5.69 Å². The van der Waals surface area contributed by atoms with Gasteiger partial charge in [-0.15, -0.1) is 0 Å². The van der Waals surface area contributed by atoms with Crippen LogP contribution in [0, 0.1) is 0 Å². The van der Waals surface area contributed by atoms with Gasteiger partial charge in [0.05, 0.1) is 23.2 Å². The summed E-state index contributed by atoms with van der Waals surface area (Å²) in [5, 5.41) is 0.619. The van der Waals surface area contributed by atoms with Gasteiger partial charge in [-0.05, 0) is 47.4 Å². The third-order valence-electron chi connectivity index (χ3n) is 4.66. The van der Waals surface area contributed by atoms with E-state index < -0.39 is 23.1 Å². The average Bonchev–Trinajstić information content (AvgIpc) is 3.15. The van der Waals surface area contributed by atoms with E-state index in [0.29, 0.717) is 33.0 Å². The van der Waals surface area contributed by atoms with E-state index in [2.05, 4.69) is 11.0 Å². The molecule has 0 amide bonds. The molecule has 0 spiro atoms. The van der Waals surface area contributed by atoms with E-state index in [1.807, 2.05) is 12.1 Å². The Balaban J connectivity index is 1.93. The van der Waals surface area contributed by atoms with Crippen LogP contribution in [0.2, 0.25) is 0 Å². The highest BCUT2D eigenvalue weighted by molar-refractivity contribution is 7.13. The van der Waals surface area contributed by atoms with Gasteiger partial charge >= 0.3 is 11.9 Å². The minimum Gasteiger partial charge on any atom is -0.496 e. The third-order valence-corrected chi connectivity index (χ3v) is 5.49. The number of methoxy groups -OCH3 is 1. The Bertz CT molecular complexity index is 1400. The predicted octanol–water partition coefficient (Wildman–Crippen LogP) is 4.47. The van der Waals surface area contributed by atoms with E-state index in [1.165, 1.54) is 30.8 Å². The quantitative estimate of drug-likeness (QED) is 0.503. The summed E-state index contributed by atoms with van der Waals surface area (Å²) in [5.41, 5.74) is -1.49. The van der Waals surface area contributed by atoms with Gasteiger partial charge < -0.3 is 9.72 Å². The van der Waals surface area contributed by atoms with E-state index in [0.717, 1.165) is 10.3 Å². The van der Waals surface area contributed by atoms with E-state index in [4.69, 9.17) is 4.74 Å². The van der Waals surface area contributed by atoms with Crippen LogP contribution in [0.5, 0.6) is 5.75 Å². The SMILES string of the molecule is C=Cc1ccc(OC)c(-c2nsc3ccc(-n4c(=O)cc(C(F)(F)F)[nH]c4=O)cc23)c1. The summed E-state index contributed by atoms with van der Waals surface area (Å²) in [6, 6.07) is 10.5. The Morgan fingerprint density at radius 3 is 2.58 bits per heavy atom. The van der Waals surface area contributed by atoms with E-state index in [9.17, 15) is 22.8 Å². The summed E-state index contributed by atoms with van der Waals surface area (Å²) in [4.78, 5) is 26.3. The lowest BCUT2D eigenvalue weighted by Gasteiger charge is -2.10. The Kier molecular flexibility index (Phi) is 5.02. The van der Waals surface area contributed by atoms with Crippen LogP contribution in [0.25, 0.3) is 33.1 Å². The van der Waals surface area contributed by atoms with Gasteiger partial charge in [-0.2, -0.15) is 17.5 Å². The zero-order valence-corrected chi connectivity index (χ0v) is 16.8. The highest BCUT2D eigenvalue weighted by atomic mass is 32.1. The number of aromatic nitrogens is 3. The molecule has 2 aromatic heterocycles. The molecule has 31 heavy (non-hydrogen) atoms. The fourth-order valence-electron chi connectivity index (χ4n) is 3.19. The smallest absolute Gasteiger partial charge is 0.431 e. The molecule has 0 saturated carbocycles. The van der Waals surface area contributed by atoms with Crippen molar-refractivity contribution in [2.75, 3.05) is 7.11 Å². The second-order valence-electron chi connectivity index (χ2n) is 6.54. The molecule has 2 heterocycles. The highest BCUT2D eigenvalue weighted by Gasteiger charge is 2.33. The zero-order valence-electron chi connectivity index (χ0n) is 16.0. The molecule has 0 bridgehead atoms. The van der Waals surface area contributed by atoms with Gasteiger partial charge in [0.25, 0.3) is 5.56 Å². The van der Waals surface area contributed by atoms with Gasteiger partial charge in [-0.3, -0.25) is 4.79 Å². The molecule has 0 unspecified atom stereocenters. The summed E-state index contributed by atoms with van der Waals surface area (Å²) >= 11 is 1.21. The Morgan fingerprint density at radius 1 is 1.16 bits per heavy atom. The molecule has 4 aromatic rings. The predicted molar refractivity (Wildman–Crippen MR) is 113 cm³/mol. The van der Waals surface area contributed by atoms with Crippen LogP contribution in [0.15, 0.2) is 58.6 Å². The molecular weight excluding hydrogens is 431 g/mol. The number of fused-ring (bicyclic) bond motifs is 1. The van der Waals surface area contributed by atoms with Crippen LogP contribution < -0.4 is 16.0 Å². The van der Waals surface area contributed by atoms with Crippen molar-refractivity contribution in [3.63, 3.8) is 0 Å². The van der Waals surface area contributed by atoms with Crippen molar-refractivity contribution in [3.8, 4) is 22.7 Å². The lowest BCUT2D eigenvalue weighted by Crippen LogP contribution is -2.35. The summed E-state index contributed by atoms with van der Waals surface area (Å²) in [6.45, 7) is 3.75. The van der Waals surface area contributed by atoms with Gasteiger partial charge in [0, 0.05) is 17.0 Å². The molecule has 0 saturated heterocycles. The summed E-state index contributed by atoms with van der Waals surface area (Å²) < 4.78 is 50.0. The first kappa shape index (κ1) is 20.6. The van der Waals surface area contributed by atoms with Gasteiger partial charge in [0.2, 0.25) is 0 Å². The van der Waals surface area contributed by atoms with Crippen molar-refractivity contribution in [2.45, 2.75) is 6.18 Å². The molecule has 6 nitrogen and oxygen atoms in total. The van der Waals surface area contributed by atoms with E-state index in [1.54, 1.807) is 23.2 Å². The molecule has 0 aliphatic carbocycles. The molecule has 0 atom stereocenters. The monoisotopic (exact) mass is 445 g/mol. The van der Waals surface area contributed by atoms with Crippen LogP contribution in [0.1, 0.15) is 11.3 Å². The number of rotatable bonds is 4. The van der Waals surface area contributed by atoms with Gasteiger partial charge in [0.15, 0.2) is 0 Å². The van der Waals surface area contributed by atoms with Gasteiger partial charge in [-0.1, -0.05) is 18.7 Å². The first-order valence-corrected chi connectivity index (χ1v) is 9.64. The Labute approximate surface area is 177 Å². The maximum atomic E-state index is 12.9. The number of alkyl halides is 3. The lowest BCUT2D eigenvalue weighted by molar-refractivity contribution is -0.141. The maximum absolute atomic E-state index is 12.9. The molecule has 0 aliphatic rings. The number of hydrogen-bond acceptors (Lipinski definition) is 5. The highest BCUT2D eigenvalue weighted by Crippen LogP contribution is 2.37. The van der Waals surface area contributed by atoms with Gasteiger partial charge in [-0.25, -0.2) is 9.36 Å². The second kappa shape index (κ2) is 7.55. The number of nitrogens with one attached hydrogen (secondary N) is 1. The van der Waals surface area contributed by atoms with Crippen molar-refractivity contribution in [1.29, 1.82) is 0 Å². The lowest BCUT2D eigenvalue weighted by atomic mass is 10.0. The van der Waals surface area contributed by atoms with Crippen LogP contribution in [0.4, 0.5) is 13.2 Å². The normalized spacial score (nSPS) is 11.6. The Morgan fingerprint density at radius 2 is 1.94 bits per heavy atom. The fourth-order valence-corrected chi connectivity index (χ4v) is 3.96. The first-order valence-electron chi connectivity index (χ1n) is 8.87. The average molecular weight is 445 g/mol. The van der Waals surface area contributed by atoms with Crippen molar-refractivity contribution >= 4 is 27.7 Å². The molecule has 2 aromatic carbocycles. The standard InChI is InChI=1S/C21H14F3N3O3S/c1-3-11-4-6-15(30-2)13(8-11)19-14-9-12(5-7-16(14)31-26-19)27-18(28)10-17(21(22,23)24)25-20(27)29/h3-10H,1H2,2H3,(H,25,29). The second-order valence-corrected chi connectivity index (χ2v) is 7.34. The van der Waals surface area contributed by atoms with Crippen LogP contribution in [-0.2, 0) is 6.18 Å². The fraction of sp³-hybridized carbons (Fsp3) is 0.0952. The number of hydrogen-bond donors (Lipinski definition) is 1. The van der Waals surface area contributed by atoms with Crippen LogP contribution >= 0.6 is 11.5 Å². The molecule has 0 fully saturated rings. The van der Waals surface area contributed by atoms with E-state index >= 15 is 0 Å². The van der Waals surface area contributed by atoms with Crippen LogP contribution in [-0.4, -0.2) is 21.0 Å². The molecule has 1 N–H and O–H groups in total. The summed E-state index contributed by atoms with van der Waals surface area (Å²) in [6.07, 6.45) is -3.16. The minimum absolute atomic E-state index is 0.118. The molecule has 4 rings (SSSR count). The van der Waals surface area contributed by atoms with Crippen molar-refractivity contribution in [3.05, 3.63) is 81.1 Å². The first-order chi connectivity index (χ1) is 14.7. The minimum atomic E-state index is -4.83. The maximum Gasteiger partial charge on any atom is 0.431 e. The Hall–Kier alpha value is -3.66. The topological polar surface area (TPSA) is 77.0 Å². The molecule has 0 radical (unpaired) electrons. The number of H-pyrrole nitrogens is 1. The largest absolute Gasteiger partial charge is 0.496 e. The molecule has 0 aliphatic heterocycles. The number of halogens is 3. The van der Waals surface area contributed by atoms with Crippen molar-refractivity contribution in [1.82, 2.24) is 13.9 Å². The third kappa shape index (κ3) is 3.66. The zero-order chi connectivity index (χ0) is 22.3. The molecule has 158 valence electrons. The number of aromatic amines is 1. The van der Waals surface area contributed by atoms with Crippen LogP contribution in [0.3, 0.4) is 0 Å². The molecular formula is C21H14F3N3O3S. The molecule has 10 heteroatoms. The number of nitrogens with zero attached hydrogens (tertiary/aromatic N) is 2. The summed E-state index contributed by atoms with van der Waals surface area (Å²) in [5.74, 6) is 0.563. The summed E-state index contributed by atoms with van der Waals surface area (Å²) in [7, 11) is 1.52. The van der Waals surface area contributed by atoms with Crippen molar-refractivity contribution in [2.24, 2.45) is 0 Å².